The molecule has 30 heavy (non-hydrogen) atoms. The summed E-state index contributed by atoms with van der Waals surface area (Å²) < 4.78 is 13.8. The van der Waals surface area contributed by atoms with Crippen LogP contribution in [0.4, 0.5) is 4.39 Å². The van der Waals surface area contributed by atoms with Crippen molar-refractivity contribution in [3.63, 3.8) is 0 Å². The smallest absolute Gasteiger partial charge is 0.253 e. The summed E-state index contributed by atoms with van der Waals surface area (Å²) in [5.74, 6) is -0.938. The van der Waals surface area contributed by atoms with Gasteiger partial charge in [-0.05, 0) is 36.2 Å². The van der Waals surface area contributed by atoms with Crippen LogP contribution in [0.5, 0.6) is 0 Å². The molecule has 4 rings (SSSR count). The summed E-state index contributed by atoms with van der Waals surface area (Å²) in [6, 6.07) is 10.7. The van der Waals surface area contributed by atoms with E-state index in [0.717, 1.165) is 22.2 Å². The van der Waals surface area contributed by atoms with Crippen molar-refractivity contribution in [2.45, 2.75) is 32.9 Å². The fraction of sp³-hybridized carbons (Fsp3) is 0.304. The quantitative estimate of drug-likeness (QED) is 0.652. The van der Waals surface area contributed by atoms with E-state index in [-0.39, 0.29) is 23.5 Å². The topological polar surface area (TPSA) is 65.2 Å². The Kier molecular flexibility index (Phi) is 5.52. The largest absolute Gasteiger partial charge is 0.358 e. The normalized spacial score (nSPS) is 14.6. The van der Waals surface area contributed by atoms with Crippen molar-refractivity contribution in [1.29, 1.82) is 0 Å². The summed E-state index contributed by atoms with van der Waals surface area (Å²) >= 11 is 6.13. The van der Waals surface area contributed by atoms with Crippen LogP contribution in [0.25, 0.3) is 10.9 Å². The monoisotopic (exact) mass is 427 g/mol. The number of fused-ring (bicyclic) bond motifs is 3. The summed E-state index contributed by atoms with van der Waals surface area (Å²) in [5.41, 5.74) is 3.17. The van der Waals surface area contributed by atoms with Crippen LogP contribution in [0.2, 0.25) is 5.02 Å². The number of rotatable bonds is 4. The zero-order chi connectivity index (χ0) is 21.4. The Balaban J connectivity index is 1.56. The van der Waals surface area contributed by atoms with Crippen LogP contribution in [0, 0.1) is 11.7 Å². The van der Waals surface area contributed by atoms with Gasteiger partial charge in [0.1, 0.15) is 11.9 Å². The minimum absolute atomic E-state index is 0.106. The number of carbonyl (C=O) groups is 2. The number of H-pyrrole nitrogens is 1. The predicted octanol–water partition coefficient (Wildman–Crippen LogP) is 4.30. The molecule has 2 heterocycles. The van der Waals surface area contributed by atoms with Gasteiger partial charge < -0.3 is 15.2 Å². The second-order valence-corrected chi connectivity index (χ2v) is 8.36. The van der Waals surface area contributed by atoms with Gasteiger partial charge in [0.25, 0.3) is 5.91 Å². The molecule has 2 aromatic carbocycles. The third kappa shape index (κ3) is 3.79. The molecule has 0 radical (unpaired) electrons. The summed E-state index contributed by atoms with van der Waals surface area (Å²) in [4.78, 5) is 31.1. The van der Waals surface area contributed by atoms with Crippen LogP contribution in [-0.2, 0) is 17.8 Å². The number of halogens is 2. The fourth-order valence-electron chi connectivity index (χ4n) is 3.95. The molecule has 0 saturated heterocycles. The van der Waals surface area contributed by atoms with Gasteiger partial charge in [-0.2, -0.15) is 0 Å². The second kappa shape index (κ2) is 8.11. The number of aromatic nitrogens is 1. The van der Waals surface area contributed by atoms with E-state index in [1.54, 1.807) is 35.2 Å². The Labute approximate surface area is 179 Å². The van der Waals surface area contributed by atoms with Gasteiger partial charge in [0.15, 0.2) is 0 Å². The lowest BCUT2D eigenvalue weighted by molar-refractivity contribution is -0.135. The zero-order valence-electron chi connectivity index (χ0n) is 16.8. The van der Waals surface area contributed by atoms with Gasteiger partial charge in [0.2, 0.25) is 5.91 Å². The first kappa shape index (κ1) is 20.4. The molecule has 156 valence electrons. The van der Waals surface area contributed by atoms with Gasteiger partial charge in [-0.15, -0.1) is 0 Å². The summed E-state index contributed by atoms with van der Waals surface area (Å²) in [6.45, 7) is 4.70. The number of aromatic amines is 1. The predicted molar refractivity (Wildman–Crippen MR) is 115 cm³/mol. The SMILES string of the molecule is CC(C)[C@H](NC(=O)c1ccccc1Cl)C(=O)N1CCc2[nH]c3ccc(F)cc3c2C1. The van der Waals surface area contributed by atoms with Crippen LogP contribution in [0.15, 0.2) is 42.5 Å². The first-order valence-corrected chi connectivity index (χ1v) is 10.4. The fourth-order valence-corrected chi connectivity index (χ4v) is 4.17. The van der Waals surface area contributed by atoms with E-state index < -0.39 is 6.04 Å². The Morgan fingerprint density at radius 3 is 2.70 bits per heavy atom. The lowest BCUT2D eigenvalue weighted by atomic mass is 9.99. The van der Waals surface area contributed by atoms with Crippen LogP contribution >= 0.6 is 11.6 Å². The zero-order valence-corrected chi connectivity index (χ0v) is 17.6. The lowest BCUT2D eigenvalue weighted by Gasteiger charge is -2.32. The van der Waals surface area contributed by atoms with Crippen molar-refractivity contribution in [2.75, 3.05) is 6.54 Å². The van der Waals surface area contributed by atoms with Gasteiger partial charge >= 0.3 is 0 Å². The average Bonchev–Trinajstić information content (AvgIpc) is 3.08. The molecule has 1 aliphatic heterocycles. The first-order valence-electron chi connectivity index (χ1n) is 9.98. The third-order valence-corrected chi connectivity index (χ3v) is 5.92. The van der Waals surface area contributed by atoms with Gasteiger partial charge in [0.05, 0.1) is 10.6 Å². The van der Waals surface area contributed by atoms with E-state index in [2.05, 4.69) is 10.3 Å². The molecule has 0 unspecified atom stereocenters. The Bertz CT molecular complexity index is 1120. The van der Waals surface area contributed by atoms with Crippen LogP contribution < -0.4 is 5.32 Å². The number of nitrogens with one attached hydrogen (secondary N) is 2. The highest BCUT2D eigenvalue weighted by Gasteiger charge is 2.32. The molecule has 1 aromatic heterocycles. The maximum Gasteiger partial charge on any atom is 0.253 e. The summed E-state index contributed by atoms with van der Waals surface area (Å²) in [5, 5.41) is 3.99. The maximum absolute atomic E-state index is 13.8. The standard InChI is InChI=1S/C23H23ClFN3O2/c1-13(2)21(27-22(29)15-5-3-4-6-18(15)24)23(30)28-10-9-20-17(12-28)16-11-14(25)7-8-19(16)26-20/h3-8,11,13,21,26H,9-10,12H2,1-2H3,(H,27,29)/t21-/m0/s1. The van der Waals surface area contributed by atoms with Crippen molar-refractivity contribution in [3.8, 4) is 0 Å². The van der Waals surface area contributed by atoms with Crippen LogP contribution in [0.3, 0.4) is 0 Å². The molecule has 7 heteroatoms. The van der Waals surface area contributed by atoms with Crippen molar-refractivity contribution < 1.29 is 14.0 Å². The van der Waals surface area contributed by atoms with Crippen molar-refractivity contribution in [3.05, 3.63) is 70.1 Å². The van der Waals surface area contributed by atoms with E-state index in [4.69, 9.17) is 11.6 Å². The van der Waals surface area contributed by atoms with Gasteiger partial charge in [-0.3, -0.25) is 9.59 Å². The molecular formula is C23H23ClFN3O2. The van der Waals surface area contributed by atoms with E-state index in [1.807, 2.05) is 13.8 Å². The van der Waals surface area contributed by atoms with Crippen molar-refractivity contribution >= 4 is 34.3 Å². The van der Waals surface area contributed by atoms with Gasteiger partial charge in [0, 0.05) is 41.7 Å². The molecule has 0 fully saturated rings. The molecule has 3 aromatic rings. The number of hydrogen-bond donors (Lipinski definition) is 2. The number of hydrogen-bond acceptors (Lipinski definition) is 2. The molecule has 0 aliphatic carbocycles. The van der Waals surface area contributed by atoms with E-state index >= 15 is 0 Å². The number of carbonyl (C=O) groups excluding carboxylic acids is 2. The Morgan fingerprint density at radius 2 is 1.97 bits per heavy atom. The molecule has 2 N–H and O–H groups in total. The van der Waals surface area contributed by atoms with Gasteiger partial charge in [-0.25, -0.2) is 4.39 Å². The van der Waals surface area contributed by atoms with Crippen LogP contribution in [0.1, 0.15) is 35.5 Å². The molecule has 0 bridgehead atoms. The number of amides is 2. The molecule has 2 amide bonds. The lowest BCUT2D eigenvalue weighted by Crippen LogP contribution is -2.52. The average molecular weight is 428 g/mol. The second-order valence-electron chi connectivity index (χ2n) is 7.96. The molecule has 1 aliphatic rings. The Hall–Kier alpha value is -2.86. The number of benzene rings is 2. The molecule has 0 saturated carbocycles. The van der Waals surface area contributed by atoms with Crippen molar-refractivity contribution in [1.82, 2.24) is 15.2 Å². The minimum atomic E-state index is -0.683. The Morgan fingerprint density at radius 1 is 1.20 bits per heavy atom. The first-order chi connectivity index (χ1) is 14.3. The highest BCUT2D eigenvalue weighted by Crippen LogP contribution is 2.29. The minimum Gasteiger partial charge on any atom is -0.358 e. The van der Waals surface area contributed by atoms with E-state index in [0.29, 0.717) is 30.1 Å². The molecule has 1 atom stereocenters. The highest BCUT2D eigenvalue weighted by molar-refractivity contribution is 6.33. The third-order valence-electron chi connectivity index (χ3n) is 5.59. The summed E-state index contributed by atoms with van der Waals surface area (Å²) in [6.07, 6.45) is 0.653. The van der Waals surface area contributed by atoms with Gasteiger partial charge in [-0.1, -0.05) is 37.6 Å². The van der Waals surface area contributed by atoms with Crippen molar-refractivity contribution in [2.24, 2.45) is 5.92 Å². The molecule has 5 nitrogen and oxygen atoms in total. The van der Waals surface area contributed by atoms with E-state index in [1.165, 1.54) is 12.1 Å². The summed E-state index contributed by atoms with van der Waals surface area (Å²) in [7, 11) is 0. The maximum atomic E-state index is 13.8. The highest BCUT2D eigenvalue weighted by atomic mass is 35.5. The van der Waals surface area contributed by atoms with E-state index in [9.17, 15) is 14.0 Å². The molecular weight excluding hydrogens is 405 g/mol. The van der Waals surface area contributed by atoms with Crippen LogP contribution in [-0.4, -0.2) is 34.3 Å². The molecule has 0 spiro atoms. The number of nitrogens with zero attached hydrogens (tertiary/aromatic N) is 1.